The average Bonchev–Trinajstić information content (AvgIpc) is 1.60. The third-order valence-electron chi connectivity index (χ3n) is 25.3. The Morgan fingerprint density at radius 3 is 0.738 bits per heavy atom. The number of unbranched alkanes of at least 4 members (excludes halogenated alkanes) is 11. The molecule has 4 unspecified atom stereocenters. The molecule has 8 aromatic rings. The predicted molar refractivity (Wildman–Crippen MR) is 579 cm³/mol. The molecule has 0 aliphatic heterocycles. The van der Waals surface area contributed by atoms with Crippen molar-refractivity contribution in [1.82, 2.24) is 0 Å². The molecule has 716 valence electrons. The number of fused-ring (bicyclic) bond motifs is 6. The van der Waals surface area contributed by atoms with Gasteiger partial charge in [-0.1, -0.05) is 244 Å². The van der Waals surface area contributed by atoms with Crippen LogP contribution in [0.3, 0.4) is 0 Å². The quantitative estimate of drug-likeness (QED) is 0.0218. The van der Waals surface area contributed by atoms with Crippen LogP contribution in [0.25, 0.3) is 43.8 Å². The number of aryl methyl sites for hydroxylation is 2. The third kappa shape index (κ3) is 38.7. The molecule has 0 heterocycles. The predicted octanol–water partition coefficient (Wildman–Crippen LogP) is 35.8. The van der Waals surface area contributed by atoms with E-state index in [0.717, 1.165) is 84.4 Å². The van der Waals surface area contributed by atoms with Gasteiger partial charge in [0.05, 0.1) is 44.2 Å². The Morgan fingerprint density at radius 1 is 0.285 bits per heavy atom. The Bertz CT molecular complexity index is 4490. The fourth-order valence-corrected chi connectivity index (χ4v) is 29.6. The second-order valence-electron chi connectivity index (χ2n) is 41.7. The van der Waals surface area contributed by atoms with Crippen molar-refractivity contribution in [2.45, 2.75) is 348 Å². The first kappa shape index (κ1) is 123. The van der Waals surface area contributed by atoms with E-state index in [9.17, 15) is 0 Å². The van der Waals surface area contributed by atoms with Gasteiger partial charge < -0.3 is 53.4 Å². The third-order valence-corrected chi connectivity index (χ3v) is 37.1. The number of halogens is 6. The van der Waals surface area contributed by atoms with Crippen LogP contribution in [-0.4, -0.2) is 85.3 Å². The number of rotatable bonds is 39. The normalized spacial score (nSPS) is 15.5. The minimum atomic E-state index is -1.94. The molecule has 0 N–H and O–H groups in total. The molecule has 130 heavy (non-hydrogen) atoms. The Morgan fingerprint density at radius 2 is 0.492 bits per heavy atom. The summed E-state index contributed by atoms with van der Waals surface area (Å²) in [4.78, 5) is 0. The van der Waals surface area contributed by atoms with E-state index >= 15 is 0 Å². The summed E-state index contributed by atoms with van der Waals surface area (Å²) in [7, 11) is 24.1. The summed E-state index contributed by atoms with van der Waals surface area (Å²) in [6.45, 7) is 54.4. The van der Waals surface area contributed by atoms with Crippen molar-refractivity contribution >= 4 is 130 Å². The molecule has 4 aliphatic rings. The van der Waals surface area contributed by atoms with E-state index in [1.54, 1.807) is 66.0 Å². The molecule has 0 amide bonds. The first-order valence-corrected chi connectivity index (χ1v) is 75.6. The zero-order chi connectivity index (χ0) is 92.5. The fraction of sp³-hybridized carbons (Fsp3) is 0.522. The van der Waals surface area contributed by atoms with Gasteiger partial charge in [0, 0.05) is 41.1 Å². The first-order chi connectivity index (χ1) is 59.7. The summed E-state index contributed by atoms with van der Waals surface area (Å²) >= 11 is -2.48. The van der Waals surface area contributed by atoms with Crippen molar-refractivity contribution < 1.29 is 86.2 Å². The first-order valence-electron chi connectivity index (χ1n) is 47.3. The molecule has 12 rings (SSSR count). The van der Waals surface area contributed by atoms with Crippen LogP contribution in [0.5, 0.6) is 0 Å². The van der Waals surface area contributed by atoms with Crippen LogP contribution in [0, 0.1) is 29.7 Å². The number of hydrogen-bond acceptors (Lipinski definition) is 5. The SMILES string of the molecule is CC(C)(C)OCCCCC1=CC([Si](C)(C)C2C=C(CCCCOC(C)(C)C)c3ccccc32)c2ccccc21.CC(C)(C)OCCCCCCc1c[c-]([Si](C)(C)[c-]2cc(CCCCCCOC(C)(C)C)c3ccccc32)c2ccccc12.CCCCCC1=CC([Si](C)(C)C2C=C(CCCCOC(C)(C)C)c3ccccc32)c2ccccc21.[CH3-].[CH3-].[CH3-].[CH3-].[Cl][Zr+2][Cl].[Cl][Zr+2][Cl].[Cl][Zr+2][Cl]. The molecule has 0 bridgehead atoms. The molecule has 0 aromatic heterocycles. The van der Waals surface area contributed by atoms with E-state index in [1.165, 1.54) is 140 Å². The maximum absolute atomic E-state index is 5.98. The fourth-order valence-electron chi connectivity index (χ4n) is 19.0. The molecule has 4 aliphatic carbocycles. The van der Waals surface area contributed by atoms with Gasteiger partial charge in [-0.2, -0.15) is 11.1 Å². The van der Waals surface area contributed by atoms with E-state index in [-0.39, 0.29) is 57.7 Å². The Hall–Kier alpha value is -1.66. The van der Waals surface area contributed by atoms with Crippen molar-refractivity contribution in [2.24, 2.45) is 0 Å². The van der Waals surface area contributed by atoms with Gasteiger partial charge in [-0.15, -0.1) is 80.4 Å². The van der Waals surface area contributed by atoms with Crippen LogP contribution in [0.1, 0.15) is 323 Å². The van der Waals surface area contributed by atoms with Gasteiger partial charge in [0.25, 0.3) is 0 Å². The summed E-state index contributed by atoms with van der Waals surface area (Å²) < 4.78 is 29.8. The summed E-state index contributed by atoms with van der Waals surface area (Å²) in [5, 5.41) is 9.13. The summed E-state index contributed by atoms with van der Waals surface area (Å²) in [5.74, 6) is 0. The second kappa shape index (κ2) is 59.8. The molecule has 17 heteroatoms. The number of hydrogen-bond donors (Lipinski definition) is 0. The molecule has 5 nitrogen and oxygen atoms in total. The standard InChI is InChI=1S/C40H58O2Si.C36H52O2Si.C33H46OSi.4CH3.6ClH.3Zr/c1-39(2,3)41-27-19-11-9-13-21-31-29-37(35-25-17-15-23-33(31)35)43(7,8)38-30-32(34-24-16-18-26-36(34)38)22-14-10-12-20-28-42-40(4,5)6;1-35(2,3)37-23-15-13-17-27-25-33(31-21-11-9-19-29(27)31)39(7,8)34-26-28(30-20-10-12-22-32(30)34)18-14-16-24-38-36(4,5)6;1-7-8-9-16-25-23-31(29-20-12-10-18-27(25)29)35(5,6)32-24-26(28-19-11-13-21-30(28)32)17-14-15-22-34-33(2,3)4;;;;;;;;;;;;;/h15-18,23-26,29-30H,9-14,19-22,27-28H2,1-8H3;9-12,19-22,25-26,33-34H,13-18,23-24H2,1-8H3;10-13,18-21,23-24,31-32H,7-9,14-17,22H2,1-6H3;4*1H3;6*1H;;;/q-2;;;4*-1;;;;;;;3*+4/p-6. The van der Waals surface area contributed by atoms with Gasteiger partial charge in [0.1, 0.15) is 0 Å². The van der Waals surface area contributed by atoms with Gasteiger partial charge in [-0.05, 0) is 276 Å². The molecule has 0 spiro atoms. The van der Waals surface area contributed by atoms with Crippen LogP contribution in [0.4, 0.5) is 0 Å². The van der Waals surface area contributed by atoms with Gasteiger partial charge in [-0.25, -0.2) is 0 Å². The Labute approximate surface area is 854 Å². The van der Waals surface area contributed by atoms with Gasteiger partial charge in [0.2, 0.25) is 0 Å². The van der Waals surface area contributed by atoms with Crippen molar-refractivity contribution in [2.75, 3.05) is 33.0 Å². The average molecular weight is 2180 g/mol. The molecule has 0 fully saturated rings. The number of allylic oxidation sites excluding steroid dienone is 8. The number of benzene rings is 6. The van der Waals surface area contributed by atoms with Gasteiger partial charge in [-0.3, -0.25) is 0 Å². The van der Waals surface area contributed by atoms with Crippen LogP contribution < -0.4 is 10.4 Å². The van der Waals surface area contributed by atoms with E-state index in [0.29, 0.717) is 22.2 Å². The zero-order valence-corrected chi connectivity index (χ0v) is 100. The summed E-state index contributed by atoms with van der Waals surface area (Å²) in [6, 6.07) is 60.6. The van der Waals surface area contributed by atoms with Crippen molar-refractivity contribution in [3.05, 3.63) is 267 Å². The monoisotopic (exact) mass is 2170 g/mol. The van der Waals surface area contributed by atoms with Gasteiger partial charge >= 0.3 is 114 Å². The maximum atomic E-state index is 5.98. The van der Waals surface area contributed by atoms with Crippen molar-refractivity contribution in [1.29, 1.82) is 0 Å². The molecule has 0 radical (unpaired) electrons. The molecule has 4 atom stereocenters. The minimum absolute atomic E-state index is 0. The van der Waals surface area contributed by atoms with Crippen LogP contribution in [0.2, 0.25) is 39.3 Å². The Balaban J connectivity index is 0.000000474. The molecular formula is C113H168Cl6O5Si3Zr3. The molecular weight excluding hydrogens is 2010 g/mol. The summed E-state index contributed by atoms with van der Waals surface area (Å²) in [5.41, 5.74) is 23.7. The second-order valence-corrected chi connectivity index (χ2v) is 67.0. The van der Waals surface area contributed by atoms with Crippen LogP contribution >= 0.6 is 51.1 Å². The van der Waals surface area contributed by atoms with Gasteiger partial charge in [0.15, 0.2) is 0 Å². The zero-order valence-electron chi connectivity index (χ0n) is 85.2. The van der Waals surface area contributed by atoms with E-state index in [2.05, 4.69) is 332 Å². The van der Waals surface area contributed by atoms with E-state index < -0.39 is 86.8 Å². The van der Waals surface area contributed by atoms with Crippen LogP contribution in [-0.2, 0) is 99.1 Å². The van der Waals surface area contributed by atoms with Crippen molar-refractivity contribution in [3.8, 4) is 0 Å². The molecule has 0 saturated carbocycles. The number of ether oxygens (including phenoxy) is 5. The molecule has 0 saturated heterocycles. The topological polar surface area (TPSA) is 46.2 Å². The molecule has 8 aromatic carbocycles. The summed E-state index contributed by atoms with van der Waals surface area (Å²) in [6.07, 6.45) is 38.4. The van der Waals surface area contributed by atoms with E-state index in [1.807, 2.05) is 0 Å². The van der Waals surface area contributed by atoms with E-state index in [4.69, 9.17) is 74.8 Å². The Kier molecular flexibility index (Phi) is 56.4. The van der Waals surface area contributed by atoms with Crippen molar-refractivity contribution in [3.63, 3.8) is 0 Å². The van der Waals surface area contributed by atoms with Crippen LogP contribution in [0.15, 0.2) is 182 Å².